The molecule has 0 spiro atoms. The molecule has 0 amide bonds. The second-order valence-electron chi connectivity index (χ2n) is 6.50. The molecule has 0 aliphatic carbocycles. The van der Waals surface area contributed by atoms with E-state index in [1.807, 2.05) is 18.3 Å². The molecule has 26 heavy (non-hydrogen) atoms. The fourth-order valence-electron chi connectivity index (χ4n) is 2.90. The van der Waals surface area contributed by atoms with E-state index in [4.69, 9.17) is 5.26 Å². The van der Waals surface area contributed by atoms with E-state index in [2.05, 4.69) is 15.2 Å². The average Bonchev–Trinajstić information content (AvgIpc) is 2.90. The molecule has 0 saturated carbocycles. The lowest BCUT2D eigenvalue weighted by atomic mass is 10.2. The molecule has 1 saturated heterocycles. The lowest BCUT2D eigenvalue weighted by Crippen LogP contribution is -2.24. The van der Waals surface area contributed by atoms with Crippen molar-refractivity contribution in [2.45, 2.75) is 49.7 Å². The van der Waals surface area contributed by atoms with Crippen LogP contribution in [-0.4, -0.2) is 38.2 Å². The number of nitrogens with one attached hydrogen (secondary N) is 1. The average molecular weight is 395 g/mol. The highest BCUT2D eigenvalue weighted by molar-refractivity contribution is 8.13. The van der Waals surface area contributed by atoms with Gasteiger partial charge in [0.1, 0.15) is 0 Å². The predicted molar refractivity (Wildman–Crippen MR) is 109 cm³/mol. The number of rotatable bonds is 4. The van der Waals surface area contributed by atoms with Gasteiger partial charge in [0.15, 0.2) is 21.2 Å². The van der Waals surface area contributed by atoms with Crippen LogP contribution in [0.4, 0.5) is 11.4 Å². The molecule has 1 aromatic rings. The summed E-state index contributed by atoms with van der Waals surface area (Å²) in [5, 5.41) is 11.2. The van der Waals surface area contributed by atoms with Crippen molar-refractivity contribution < 1.29 is 8.42 Å². The van der Waals surface area contributed by atoms with Crippen LogP contribution < -0.4 is 10.2 Å². The van der Waals surface area contributed by atoms with Gasteiger partial charge in [-0.2, -0.15) is 5.26 Å². The van der Waals surface area contributed by atoms with E-state index >= 15 is 0 Å². The quantitative estimate of drug-likeness (QED) is 0.363. The SMILES string of the molecule is CSC(=Nc1cc(N2CCCCCC2)ccc1S(=O)(=O)C(C)C)NC#N. The van der Waals surface area contributed by atoms with Crippen LogP contribution in [0, 0.1) is 11.5 Å². The number of hydrogen-bond donors (Lipinski definition) is 1. The summed E-state index contributed by atoms with van der Waals surface area (Å²) in [6.45, 7) is 5.25. The third-order valence-electron chi connectivity index (χ3n) is 4.42. The Hall–Kier alpha value is -1.72. The third kappa shape index (κ3) is 4.92. The van der Waals surface area contributed by atoms with Crippen molar-refractivity contribution in [2.24, 2.45) is 4.99 Å². The van der Waals surface area contributed by atoms with Crippen molar-refractivity contribution in [3.8, 4) is 6.19 Å². The minimum atomic E-state index is -3.48. The number of nitriles is 1. The van der Waals surface area contributed by atoms with E-state index < -0.39 is 15.1 Å². The number of nitrogens with zero attached hydrogens (tertiary/aromatic N) is 3. The highest BCUT2D eigenvalue weighted by atomic mass is 32.2. The van der Waals surface area contributed by atoms with Crippen LogP contribution in [0.25, 0.3) is 0 Å². The molecule has 1 heterocycles. The zero-order valence-corrected chi connectivity index (χ0v) is 17.2. The Bertz CT molecular complexity index is 790. The second-order valence-corrected chi connectivity index (χ2v) is 9.77. The normalized spacial score (nSPS) is 16.3. The summed E-state index contributed by atoms with van der Waals surface area (Å²) in [5.74, 6) is 0. The van der Waals surface area contributed by atoms with Gasteiger partial charge in [0.05, 0.1) is 15.8 Å². The van der Waals surface area contributed by atoms with Crippen LogP contribution in [0.5, 0.6) is 0 Å². The summed E-state index contributed by atoms with van der Waals surface area (Å²) in [6.07, 6.45) is 8.36. The number of hydrogen-bond acceptors (Lipinski definition) is 6. The van der Waals surface area contributed by atoms with Gasteiger partial charge in [-0.05, 0) is 51.1 Å². The maximum atomic E-state index is 12.7. The molecule has 6 nitrogen and oxygen atoms in total. The van der Waals surface area contributed by atoms with Crippen LogP contribution in [-0.2, 0) is 9.84 Å². The monoisotopic (exact) mass is 394 g/mol. The largest absolute Gasteiger partial charge is 0.371 e. The maximum absolute atomic E-state index is 12.7. The van der Waals surface area contributed by atoms with Crippen molar-refractivity contribution in [3.63, 3.8) is 0 Å². The second kappa shape index (κ2) is 9.28. The Morgan fingerprint density at radius 2 is 1.92 bits per heavy atom. The van der Waals surface area contributed by atoms with Crippen molar-refractivity contribution in [1.29, 1.82) is 5.26 Å². The molecule has 1 aliphatic rings. The van der Waals surface area contributed by atoms with E-state index in [9.17, 15) is 8.42 Å². The topological polar surface area (TPSA) is 85.6 Å². The highest BCUT2D eigenvalue weighted by Crippen LogP contribution is 2.33. The molecule has 142 valence electrons. The Morgan fingerprint density at radius 3 is 2.46 bits per heavy atom. The van der Waals surface area contributed by atoms with Gasteiger partial charge >= 0.3 is 0 Å². The van der Waals surface area contributed by atoms with Crippen LogP contribution >= 0.6 is 11.8 Å². The number of sulfone groups is 1. The van der Waals surface area contributed by atoms with E-state index in [1.165, 1.54) is 24.6 Å². The molecule has 1 aromatic carbocycles. The van der Waals surface area contributed by atoms with Gasteiger partial charge in [-0.15, -0.1) is 0 Å². The molecule has 8 heteroatoms. The first kappa shape index (κ1) is 20.6. The molecule has 0 atom stereocenters. The van der Waals surface area contributed by atoms with Crippen molar-refractivity contribution in [1.82, 2.24) is 5.32 Å². The van der Waals surface area contributed by atoms with Crippen molar-refractivity contribution >= 4 is 38.1 Å². The number of benzene rings is 1. The van der Waals surface area contributed by atoms with Gasteiger partial charge in [0.25, 0.3) is 0 Å². The predicted octanol–water partition coefficient (Wildman–Crippen LogP) is 3.67. The molecule has 0 radical (unpaired) electrons. The number of anilines is 1. The van der Waals surface area contributed by atoms with E-state index in [0.717, 1.165) is 31.6 Å². The van der Waals surface area contributed by atoms with Crippen LogP contribution in [0.1, 0.15) is 39.5 Å². The summed E-state index contributed by atoms with van der Waals surface area (Å²) in [6, 6.07) is 5.35. The zero-order valence-electron chi connectivity index (χ0n) is 15.5. The number of thioether (sulfide) groups is 1. The molecule has 1 fully saturated rings. The Kier molecular flexibility index (Phi) is 7.35. The standard InChI is InChI=1S/C18H26N4O2S2/c1-14(2)26(23,24)17-9-8-15(22-10-6-4-5-7-11-22)12-16(17)21-18(25-3)20-13-19/h8-9,12,14H,4-7,10-11H2,1-3H3,(H,20,21). The van der Waals surface area contributed by atoms with Gasteiger partial charge in [-0.3, -0.25) is 5.32 Å². The molecule has 0 unspecified atom stereocenters. The molecular weight excluding hydrogens is 368 g/mol. The highest BCUT2D eigenvalue weighted by Gasteiger charge is 2.24. The minimum Gasteiger partial charge on any atom is -0.371 e. The van der Waals surface area contributed by atoms with E-state index in [0.29, 0.717) is 10.9 Å². The third-order valence-corrected chi connectivity index (χ3v) is 7.20. The summed E-state index contributed by atoms with van der Waals surface area (Å²) in [4.78, 5) is 6.93. The Morgan fingerprint density at radius 1 is 1.27 bits per heavy atom. The summed E-state index contributed by atoms with van der Waals surface area (Å²) in [7, 11) is -3.48. The fourth-order valence-corrected chi connectivity index (χ4v) is 4.39. The fraction of sp³-hybridized carbons (Fsp3) is 0.556. The summed E-state index contributed by atoms with van der Waals surface area (Å²) in [5.41, 5.74) is 1.36. The van der Waals surface area contributed by atoms with Crippen molar-refractivity contribution in [2.75, 3.05) is 24.2 Å². The maximum Gasteiger partial charge on any atom is 0.183 e. The molecule has 1 N–H and O–H groups in total. The van der Waals surface area contributed by atoms with Gasteiger partial charge < -0.3 is 4.90 Å². The first-order chi connectivity index (χ1) is 12.4. The molecular formula is C18H26N4O2S2. The van der Waals surface area contributed by atoms with Gasteiger partial charge in [-0.1, -0.05) is 24.6 Å². The van der Waals surface area contributed by atoms with Crippen LogP contribution in [0.2, 0.25) is 0 Å². The van der Waals surface area contributed by atoms with E-state index in [-0.39, 0.29) is 4.90 Å². The minimum absolute atomic E-state index is 0.206. The molecule has 2 rings (SSSR count). The smallest absolute Gasteiger partial charge is 0.183 e. The van der Waals surface area contributed by atoms with E-state index in [1.54, 1.807) is 26.2 Å². The first-order valence-corrected chi connectivity index (χ1v) is 11.6. The summed E-state index contributed by atoms with van der Waals surface area (Å²) < 4.78 is 25.5. The Labute approximate surface area is 160 Å². The molecule has 0 aromatic heterocycles. The van der Waals surface area contributed by atoms with Crippen molar-refractivity contribution in [3.05, 3.63) is 18.2 Å². The zero-order chi connectivity index (χ0) is 19.2. The first-order valence-electron chi connectivity index (χ1n) is 8.81. The molecule has 0 bridgehead atoms. The lowest BCUT2D eigenvalue weighted by molar-refractivity contribution is 0.587. The van der Waals surface area contributed by atoms with Gasteiger partial charge in [0, 0.05) is 18.8 Å². The Balaban J connectivity index is 2.54. The summed E-state index contributed by atoms with van der Waals surface area (Å²) >= 11 is 1.27. The number of amidine groups is 1. The van der Waals surface area contributed by atoms with Crippen LogP contribution in [0.3, 0.4) is 0 Å². The molecule has 1 aliphatic heterocycles. The number of aliphatic imine (C=N–C) groups is 1. The lowest BCUT2D eigenvalue weighted by Gasteiger charge is -2.24. The van der Waals surface area contributed by atoms with Gasteiger partial charge in [0.2, 0.25) is 0 Å². The van der Waals surface area contributed by atoms with Gasteiger partial charge in [-0.25, -0.2) is 13.4 Å². The van der Waals surface area contributed by atoms with Crippen LogP contribution in [0.15, 0.2) is 28.1 Å².